The molecule has 0 aromatic heterocycles. The van der Waals surface area contributed by atoms with Gasteiger partial charge in [0.25, 0.3) is 11.8 Å². The number of likely N-dealkylation sites (tertiary alicyclic amines) is 1. The Morgan fingerprint density at radius 2 is 1.56 bits per heavy atom. The minimum Gasteiger partial charge on any atom is -0.493 e. The van der Waals surface area contributed by atoms with Crippen molar-refractivity contribution in [1.82, 2.24) is 15.1 Å². The lowest BCUT2D eigenvalue weighted by molar-refractivity contribution is -0.140. The van der Waals surface area contributed by atoms with E-state index in [0.29, 0.717) is 62.8 Å². The van der Waals surface area contributed by atoms with Gasteiger partial charge in [-0.25, -0.2) is 0 Å². The number of ether oxygens (including phenoxy) is 3. The second-order valence-corrected chi connectivity index (χ2v) is 10.7. The van der Waals surface area contributed by atoms with Crippen LogP contribution in [0.3, 0.4) is 0 Å². The number of carbonyl (C=O) groups excluding carboxylic acids is 3. The van der Waals surface area contributed by atoms with Crippen molar-refractivity contribution in [3.63, 3.8) is 0 Å². The van der Waals surface area contributed by atoms with E-state index in [9.17, 15) is 14.4 Å². The fraction of sp³-hybridized carbons (Fsp3) is 0.364. The van der Waals surface area contributed by atoms with Crippen LogP contribution in [0.2, 0.25) is 0 Å². The minimum absolute atomic E-state index is 0.0383. The van der Waals surface area contributed by atoms with Gasteiger partial charge in [-0.3, -0.25) is 14.4 Å². The van der Waals surface area contributed by atoms with Crippen LogP contribution in [0.4, 0.5) is 5.69 Å². The molecule has 0 aliphatic carbocycles. The first-order valence-electron chi connectivity index (χ1n) is 14.5. The molecule has 0 saturated carbocycles. The summed E-state index contributed by atoms with van der Waals surface area (Å²) in [6, 6.07) is 24.7. The van der Waals surface area contributed by atoms with Gasteiger partial charge in [-0.05, 0) is 61.2 Å². The Morgan fingerprint density at radius 1 is 0.884 bits per heavy atom. The van der Waals surface area contributed by atoms with Crippen LogP contribution in [0.15, 0.2) is 78.9 Å². The van der Waals surface area contributed by atoms with Crippen LogP contribution in [0, 0.1) is 0 Å². The number of methoxy groups -OCH3 is 2. The minimum atomic E-state index is -0.821. The number of hydrogen-bond acceptors (Lipinski definition) is 7. The molecule has 0 radical (unpaired) electrons. The van der Waals surface area contributed by atoms with Crippen LogP contribution in [0.5, 0.6) is 17.2 Å². The lowest BCUT2D eigenvalue weighted by Crippen LogP contribution is -2.58. The quantitative estimate of drug-likeness (QED) is 0.369. The van der Waals surface area contributed by atoms with E-state index in [4.69, 9.17) is 14.2 Å². The molecule has 226 valence electrons. The number of benzene rings is 3. The summed E-state index contributed by atoms with van der Waals surface area (Å²) in [6.07, 6.45) is 1.54. The van der Waals surface area contributed by atoms with Gasteiger partial charge in [0.1, 0.15) is 17.8 Å². The highest BCUT2D eigenvalue weighted by Gasteiger charge is 2.54. The third-order valence-electron chi connectivity index (χ3n) is 8.15. The number of nitrogens with one attached hydrogen (secondary N) is 1. The molecular formula is C33H38N4O6. The summed E-state index contributed by atoms with van der Waals surface area (Å²) < 4.78 is 16.3. The van der Waals surface area contributed by atoms with Gasteiger partial charge in [0.2, 0.25) is 5.91 Å². The molecule has 3 aromatic rings. The molecule has 2 fully saturated rings. The predicted molar refractivity (Wildman–Crippen MR) is 162 cm³/mol. The summed E-state index contributed by atoms with van der Waals surface area (Å²) in [7, 11) is 3.18. The number of hydrogen-bond donors (Lipinski definition) is 1. The molecule has 2 saturated heterocycles. The summed E-state index contributed by atoms with van der Waals surface area (Å²) in [6.45, 7) is 1.49. The number of piperidine rings is 1. The SMILES string of the molecule is COc1ccc(CCNC(=O)CN2CN(c3ccccc3)C3(CCN(C(=O)COc4ccccc4)CC3)C2=O)cc1OC. The largest absolute Gasteiger partial charge is 0.493 e. The molecule has 1 N–H and O–H groups in total. The molecule has 1 spiro atoms. The van der Waals surface area contributed by atoms with E-state index in [2.05, 4.69) is 10.2 Å². The fourth-order valence-corrected chi connectivity index (χ4v) is 5.81. The Morgan fingerprint density at radius 3 is 2.23 bits per heavy atom. The van der Waals surface area contributed by atoms with Crippen molar-refractivity contribution < 1.29 is 28.6 Å². The Labute approximate surface area is 252 Å². The van der Waals surface area contributed by atoms with Crippen molar-refractivity contribution in [2.75, 3.05) is 58.6 Å². The van der Waals surface area contributed by atoms with Crippen molar-refractivity contribution in [2.45, 2.75) is 24.8 Å². The molecule has 0 atom stereocenters. The Hall–Kier alpha value is -4.73. The van der Waals surface area contributed by atoms with Crippen molar-refractivity contribution in [3.8, 4) is 17.2 Å². The maximum absolute atomic E-state index is 14.0. The predicted octanol–water partition coefficient (Wildman–Crippen LogP) is 3.11. The van der Waals surface area contributed by atoms with Crippen molar-refractivity contribution in [3.05, 3.63) is 84.4 Å². The average Bonchev–Trinajstić information content (AvgIpc) is 3.30. The summed E-state index contributed by atoms with van der Waals surface area (Å²) in [4.78, 5) is 45.3. The molecule has 0 unspecified atom stereocenters. The van der Waals surface area contributed by atoms with Gasteiger partial charge in [-0.2, -0.15) is 0 Å². The monoisotopic (exact) mass is 586 g/mol. The third-order valence-corrected chi connectivity index (χ3v) is 8.15. The van der Waals surface area contributed by atoms with Gasteiger partial charge in [-0.1, -0.05) is 42.5 Å². The number of anilines is 1. The highest BCUT2D eigenvalue weighted by Crippen LogP contribution is 2.39. The van der Waals surface area contributed by atoms with E-state index >= 15 is 0 Å². The van der Waals surface area contributed by atoms with Gasteiger partial charge in [0.15, 0.2) is 18.1 Å². The van der Waals surface area contributed by atoms with Crippen molar-refractivity contribution in [1.29, 1.82) is 0 Å². The molecule has 2 aliphatic rings. The van der Waals surface area contributed by atoms with Crippen LogP contribution in [0.25, 0.3) is 0 Å². The number of nitrogens with zero attached hydrogens (tertiary/aromatic N) is 3. The maximum atomic E-state index is 14.0. The number of amides is 3. The molecule has 0 bridgehead atoms. The lowest BCUT2D eigenvalue weighted by atomic mass is 9.85. The Bertz CT molecular complexity index is 1410. The molecular weight excluding hydrogens is 548 g/mol. The topological polar surface area (TPSA) is 101 Å². The zero-order chi connectivity index (χ0) is 30.2. The molecule has 10 heteroatoms. The van der Waals surface area contributed by atoms with E-state index in [-0.39, 0.29) is 30.9 Å². The Balaban J connectivity index is 1.20. The van der Waals surface area contributed by atoms with E-state index in [1.54, 1.807) is 24.0 Å². The highest BCUT2D eigenvalue weighted by molar-refractivity contribution is 5.96. The summed E-state index contributed by atoms with van der Waals surface area (Å²) in [5.41, 5.74) is 1.09. The molecule has 3 amide bonds. The number of carbonyl (C=O) groups is 3. The normalized spacial score (nSPS) is 15.9. The lowest BCUT2D eigenvalue weighted by Gasteiger charge is -2.43. The van der Waals surface area contributed by atoms with E-state index in [1.807, 2.05) is 78.9 Å². The molecule has 2 heterocycles. The third kappa shape index (κ3) is 6.69. The zero-order valence-corrected chi connectivity index (χ0v) is 24.7. The smallest absolute Gasteiger partial charge is 0.260 e. The Kier molecular flexibility index (Phi) is 9.34. The van der Waals surface area contributed by atoms with E-state index < -0.39 is 5.54 Å². The van der Waals surface area contributed by atoms with Crippen LogP contribution in [0.1, 0.15) is 18.4 Å². The molecule has 3 aromatic carbocycles. The first-order valence-corrected chi connectivity index (χ1v) is 14.5. The zero-order valence-electron chi connectivity index (χ0n) is 24.7. The van der Waals surface area contributed by atoms with Crippen LogP contribution >= 0.6 is 0 Å². The molecule has 10 nitrogen and oxygen atoms in total. The molecule has 43 heavy (non-hydrogen) atoms. The van der Waals surface area contributed by atoms with Crippen LogP contribution in [-0.4, -0.2) is 86.7 Å². The van der Waals surface area contributed by atoms with E-state index in [1.165, 1.54) is 0 Å². The van der Waals surface area contributed by atoms with Crippen LogP contribution < -0.4 is 24.4 Å². The second kappa shape index (κ2) is 13.5. The van der Waals surface area contributed by atoms with Gasteiger partial charge in [-0.15, -0.1) is 0 Å². The van der Waals surface area contributed by atoms with Gasteiger partial charge >= 0.3 is 0 Å². The summed E-state index contributed by atoms with van der Waals surface area (Å²) in [5, 5.41) is 2.95. The van der Waals surface area contributed by atoms with Gasteiger partial charge in [0, 0.05) is 25.3 Å². The highest BCUT2D eigenvalue weighted by atomic mass is 16.5. The van der Waals surface area contributed by atoms with Gasteiger partial charge < -0.3 is 34.2 Å². The first-order chi connectivity index (χ1) is 20.9. The maximum Gasteiger partial charge on any atom is 0.260 e. The molecule has 5 rings (SSSR count). The summed E-state index contributed by atoms with van der Waals surface area (Å²) in [5.74, 6) is 1.51. The van der Waals surface area contributed by atoms with Crippen LogP contribution in [-0.2, 0) is 20.8 Å². The first kappa shape index (κ1) is 29.8. The second-order valence-electron chi connectivity index (χ2n) is 10.7. The average molecular weight is 587 g/mol. The summed E-state index contributed by atoms with van der Waals surface area (Å²) >= 11 is 0. The fourth-order valence-electron chi connectivity index (χ4n) is 5.81. The van der Waals surface area contributed by atoms with Gasteiger partial charge in [0.05, 0.1) is 20.9 Å². The number of rotatable bonds is 11. The number of para-hydroxylation sites is 2. The van der Waals surface area contributed by atoms with Crippen molar-refractivity contribution in [2.24, 2.45) is 0 Å². The standard InChI is InChI=1S/C33H38N4O6/c1-41-28-14-13-25(21-29(28)42-2)15-18-34-30(38)22-36-24-37(26-9-5-3-6-10-26)33(32(36)40)16-19-35(20-17-33)31(39)23-43-27-11-7-4-8-12-27/h3-14,21H,15-20,22-24H2,1-2H3,(H,34,38). The molecule has 2 aliphatic heterocycles. The van der Waals surface area contributed by atoms with E-state index in [0.717, 1.165) is 11.3 Å². The van der Waals surface area contributed by atoms with Crippen molar-refractivity contribution >= 4 is 23.4 Å².